The number of rotatable bonds is 5. The molecular weight excluding hydrogens is 240 g/mol. The summed E-state index contributed by atoms with van der Waals surface area (Å²) in [5, 5.41) is 3.42. The third-order valence-electron chi connectivity index (χ3n) is 3.57. The minimum absolute atomic E-state index is 0.331. The topological polar surface area (TPSA) is 71.2 Å². The Labute approximate surface area is 114 Å². The van der Waals surface area contributed by atoms with E-state index in [1.165, 1.54) is 12.8 Å². The van der Waals surface area contributed by atoms with E-state index in [9.17, 15) is 4.79 Å². The summed E-state index contributed by atoms with van der Waals surface area (Å²) in [6, 6.07) is 5.43. The van der Waals surface area contributed by atoms with Gasteiger partial charge in [0, 0.05) is 13.1 Å². The van der Waals surface area contributed by atoms with E-state index in [1.54, 1.807) is 6.07 Å². The normalized spacial score (nSPS) is 19.1. The van der Waals surface area contributed by atoms with Crippen molar-refractivity contribution in [2.75, 3.05) is 31.1 Å². The van der Waals surface area contributed by atoms with Crippen molar-refractivity contribution in [2.45, 2.75) is 19.8 Å². The van der Waals surface area contributed by atoms with E-state index in [-0.39, 0.29) is 0 Å². The number of nitrogens with two attached hydrogens (primary N) is 1. The first-order chi connectivity index (χ1) is 9.20. The number of hydrogen-bond donors (Lipinski definition) is 2. The summed E-state index contributed by atoms with van der Waals surface area (Å²) in [6.45, 7) is 6.14. The number of carbonyl (C=O) groups excluding carboxylic acids is 1. The van der Waals surface area contributed by atoms with E-state index in [0.717, 1.165) is 32.0 Å². The van der Waals surface area contributed by atoms with Crippen LogP contribution in [0.5, 0.6) is 0 Å². The molecule has 0 saturated carbocycles. The Balaban J connectivity index is 2.07. The van der Waals surface area contributed by atoms with Gasteiger partial charge in [0.05, 0.1) is 0 Å². The molecule has 1 aliphatic heterocycles. The van der Waals surface area contributed by atoms with Gasteiger partial charge in [-0.15, -0.1) is 0 Å². The van der Waals surface area contributed by atoms with Crippen LogP contribution >= 0.6 is 0 Å². The summed E-state index contributed by atoms with van der Waals surface area (Å²) in [5.41, 5.74) is 5.61. The van der Waals surface area contributed by atoms with Crippen LogP contribution in [0.15, 0.2) is 18.2 Å². The van der Waals surface area contributed by atoms with Gasteiger partial charge in [0.2, 0.25) is 0 Å². The van der Waals surface area contributed by atoms with Crippen molar-refractivity contribution in [3.63, 3.8) is 0 Å². The highest BCUT2D eigenvalue weighted by Crippen LogP contribution is 2.17. The maximum atomic E-state index is 11.2. The Morgan fingerprint density at radius 2 is 2.42 bits per heavy atom. The summed E-state index contributed by atoms with van der Waals surface area (Å²) in [5.74, 6) is 1.01. The Kier molecular flexibility index (Phi) is 4.74. The van der Waals surface area contributed by atoms with Crippen LogP contribution in [0.4, 0.5) is 5.82 Å². The lowest BCUT2D eigenvalue weighted by Gasteiger charge is -2.30. The Hall–Kier alpha value is -1.62. The molecule has 1 fully saturated rings. The molecule has 2 heterocycles. The molecular formula is C14H22N4O. The van der Waals surface area contributed by atoms with Crippen LogP contribution in [0.25, 0.3) is 0 Å². The van der Waals surface area contributed by atoms with E-state index >= 15 is 0 Å². The molecule has 1 aromatic rings. The molecule has 1 aromatic heterocycles. The molecule has 2 rings (SSSR count). The van der Waals surface area contributed by atoms with Crippen LogP contribution in [0.2, 0.25) is 0 Å². The molecule has 1 aliphatic rings. The molecule has 5 heteroatoms. The van der Waals surface area contributed by atoms with Crippen LogP contribution in [0, 0.1) is 5.92 Å². The number of piperidine rings is 1. The van der Waals surface area contributed by atoms with E-state index < -0.39 is 5.91 Å². The van der Waals surface area contributed by atoms with Gasteiger partial charge >= 0.3 is 0 Å². The van der Waals surface area contributed by atoms with Crippen LogP contribution < -0.4 is 16.0 Å². The zero-order valence-electron chi connectivity index (χ0n) is 11.4. The quantitative estimate of drug-likeness (QED) is 0.830. The van der Waals surface area contributed by atoms with Gasteiger partial charge in [0.15, 0.2) is 0 Å². The van der Waals surface area contributed by atoms with Gasteiger partial charge < -0.3 is 16.0 Å². The van der Waals surface area contributed by atoms with Gasteiger partial charge in [0.25, 0.3) is 5.91 Å². The number of anilines is 1. The molecule has 3 N–H and O–H groups in total. The lowest BCUT2D eigenvalue weighted by Crippen LogP contribution is -2.38. The lowest BCUT2D eigenvalue weighted by molar-refractivity contribution is 0.0995. The van der Waals surface area contributed by atoms with Crippen molar-refractivity contribution < 1.29 is 4.79 Å². The van der Waals surface area contributed by atoms with E-state index in [4.69, 9.17) is 5.73 Å². The number of amides is 1. The number of nitrogens with one attached hydrogen (secondary N) is 1. The van der Waals surface area contributed by atoms with Gasteiger partial charge in [-0.1, -0.05) is 6.07 Å². The number of aromatic nitrogens is 1. The van der Waals surface area contributed by atoms with Crippen LogP contribution in [-0.4, -0.2) is 37.1 Å². The summed E-state index contributed by atoms with van der Waals surface area (Å²) in [4.78, 5) is 17.7. The third kappa shape index (κ3) is 3.67. The molecule has 1 saturated heterocycles. The number of carbonyl (C=O) groups is 1. The van der Waals surface area contributed by atoms with Gasteiger partial charge in [0.1, 0.15) is 11.5 Å². The monoisotopic (exact) mass is 262 g/mol. The van der Waals surface area contributed by atoms with E-state index in [1.807, 2.05) is 12.1 Å². The first-order valence-electron chi connectivity index (χ1n) is 6.93. The molecule has 0 radical (unpaired) electrons. The molecule has 0 bridgehead atoms. The molecule has 0 aliphatic carbocycles. The molecule has 1 unspecified atom stereocenters. The average Bonchev–Trinajstić information content (AvgIpc) is 2.46. The fourth-order valence-electron chi connectivity index (χ4n) is 2.51. The zero-order chi connectivity index (χ0) is 13.7. The summed E-state index contributed by atoms with van der Waals surface area (Å²) < 4.78 is 0. The minimum Gasteiger partial charge on any atom is -0.364 e. The zero-order valence-corrected chi connectivity index (χ0v) is 11.4. The van der Waals surface area contributed by atoms with Crippen molar-refractivity contribution in [3.8, 4) is 0 Å². The minimum atomic E-state index is -0.475. The molecule has 19 heavy (non-hydrogen) atoms. The van der Waals surface area contributed by atoms with Crippen molar-refractivity contribution in [3.05, 3.63) is 23.9 Å². The second kappa shape index (κ2) is 6.52. The van der Waals surface area contributed by atoms with Crippen molar-refractivity contribution >= 4 is 11.7 Å². The second-order valence-corrected chi connectivity index (χ2v) is 5.00. The fourth-order valence-corrected chi connectivity index (χ4v) is 2.51. The van der Waals surface area contributed by atoms with E-state index in [0.29, 0.717) is 11.6 Å². The van der Waals surface area contributed by atoms with Gasteiger partial charge in [-0.3, -0.25) is 4.79 Å². The fraction of sp³-hybridized carbons (Fsp3) is 0.571. The smallest absolute Gasteiger partial charge is 0.267 e. The first kappa shape index (κ1) is 13.8. The third-order valence-corrected chi connectivity index (χ3v) is 3.57. The van der Waals surface area contributed by atoms with Crippen molar-refractivity contribution in [1.29, 1.82) is 0 Å². The van der Waals surface area contributed by atoms with Crippen LogP contribution in [0.1, 0.15) is 30.3 Å². The lowest BCUT2D eigenvalue weighted by atomic mass is 9.99. The average molecular weight is 262 g/mol. The van der Waals surface area contributed by atoms with Crippen molar-refractivity contribution in [2.24, 2.45) is 11.7 Å². The van der Waals surface area contributed by atoms with Gasteiger partial charge in [-0.25, -0.2) is 4.98 Å². The molecule has 1 atom stereocenters. The van der Waals surface area contributed by atoms with Gasteiger partial charge in [-0.2, -0.15) is 0 Å². The number of hydrogen-bond acceptors (Lipinski definition) is 4. The number of nitrogens with zero attached hydrogens (tertiary/aromatic N) is 2. The first-order valence-corrected chi connectivity index (χ1v) is 6.93. The summed E-state index contributed by atoms with van der Waals surface area (Å²) in [6.07, 6.45) is 2.48. The van der Waals surface area contributed by atoms with Crippen molar-refractivity contribution in [1.82, 2.24) is 10.3 Å². The SMILES string of the molecule is CCN(CC1CCCNC1)c1cccc(C(N)=O)n1. The Bertz CT molecular complexity index is 429. The second-order valence-electron chi connectivity index (χ2n) is 5.00. The largest absolute Gasteiger partial charge is 0.364 e. The Morgan fingerprint density at radius 1 is 1.58 bits per heavy atom. The van der Waals surface area contributed by atoms with Gasteiger partial charge in [-0.05, 0) is 50.9 Å². The molecule has 0 spiro atoms. The van der Waals surface area contributed by atoms with Crippen LogP contribution in [-0.2, 0) is 0 Å². The maximum absolute atomic E-state index is 11.2. The Morgan fingerprint density at radius 3 is 3.05 bits per heavy atom. The number of primary amides is 1. The highest BCUT2D eigenvalue weighted by Gasteiger charge is 2.17. The predicted molar refractivity (Wildman–Crippen MR) is 76.2 cm³/mol. The molecule has 1 amide bonds. The predicted octanol–water partition coefficient (Wildman–Crippen LogP) is 1.01. The number of pyridine rings is 1. The molecule has 5 nitrogen and oxygen atoms in total. The van der Waals surface area contributed by atoms with Crippen LogP contribution in [0.3, 0.4) is 0 Å². The standard InChI is InChI=1S/C14H22N4O/c1-2-18(10-11-5-4-8-16-9-11)13-7-3-6-12(17-13)14(15)19/h3,6-7,11,16H,2,4-5,8-10H2,1H3,(H2,15,19). The van der Waals surface area contributed by atoms with E-state index in [2.05, 4.69) is 22.1 Å². The molecule has 104 valence electrons. The highest BCUT2D eigenvalue weighted by molar-refractivity contribution is 5.91. The molecule has 0 aromatic carbocycles. The maximum Gasteiger partial charge on any atom is 0.267 e. The highest BCUT2D eigenvalue weighted by atomic mass is 16.1. The summed E-state index contributed by atoms with van der Waals surface area (Å²) >= 11 is 0. The summed E-state index contributed by atoms with van der Waals surface area (Å²) in [7, 11) is 0.